The quantitative estimate of drug-likeness (QED) is 0.819. The maximum absolute atomic E-state index is 11.4. The van der Waals surface area contributed by atoms with Crippen LogP contribution in [-0.4, -0.2) is 11.9 Å². The summed E-state index contributed by atoms with van der Waals surface area (Å²) in [5.41, 5.74) is 8.06. The van der Waals surface area contributed by atoms with E-state index in [0.29, 0.717) is 11.6 Å². The third-order valence-corrected chi connectivity index (χ3v) is 4.62. The molecule has 2 rings (SSSR count). The molecular formula is C17H26N2O. The molecule has 20 heavy (non-hydrogen) atoms. The maximum atomic E-state index is 11.4. The van der Waals surface area contributed by atoms with Gasteiger partial charge in [-0.25, -0.2) is 0 Å². The first-order valence-electron chi connectivity index (χ1n) is 7.77. The smallest absolute Gasteiger partial charge is 0.249 e. The Morgan fingerprint density at radius 2 is 2.10 bits per heavy atom. The molecule has 1 aromatic carbocycles. The molecule has 1 aromatic rings. The maximum Gasteiger partial charge on any atom is 0.249 e. The van der Waals surface area contributed by atoms with Crippen molar-refractivity contribution in [2.75, 3.05) is 5.32 Å². The number of primary amides is 1. The highest BCUT2D eigenvalue weighted by Gasteiger charge is 2.18. The lowest BCUT2D eigenvalue weighted by Gasteiger charge is -2.20. The molecule has 1 saturated carbocycles. The van der Waals surface area contributed by atoms with Crippen LogP contribution < -0.4 is 11.1 Å². The van der Waals surface area contributed by atoms with Crippen molar-refractivity contribution in [3.8, 4) is 0 Å². The molecule has 0 bridgehead atoms. The van der Waals surface area contributed by atoms with Crippen LogP contribution in [0.25, 0.3) is 0 Å². The molecule has 2 unspecified atom stereocenters. The van der Waals surface area contributed by atoms with Crippen LogP contribution in [0.3, 0.4) is 0 Å². The van der Waals surface area contributed by atoms with E-state index in [1.165, 1.54) is 38.5 Å². The van der Waals surface area contributed by atoms with Crippen LogP contribution in [0, 0.1) is 12.8 Å². The fourth-order valence-corrected chi connectivity index (χ4v) is 3.21. The molecule has 3 nitrogen and oxygen atoms in total. The number of carbonyl (C=O) groups excluding carboxylic acids is 1. The first kappa shape index (κ1) is 14.9. The second-order valence-electron chi connectivity index (χ2n) is 5.97. The van der Waals surface area contributed by atoms with Crippen molar-refractivity contribution in [1.82, 2.24) is 0 Å². The number of benzene rings is 1. The summed E-state index contributed by atoms with van der Waals surface area (Å²) < 4.78 is 0. The zero-order valence-corrected chi connectivity index (χ0v) is 12.6. The van der Waals surface area contributed by atoms with Crippen molar-refractivity contribution in [3.05, 3.63) is 29.3 Å². The van der Waals surface area contributed by atoms with Crippen molar-refractivity contribution >= 4 is 11.6 Å². The highest BCUT2D eigenvalue weighted by molar-refractivity contribution is 5.95. The van der Waals surface area contributed by atoms with Crippen molar-refractivity contribution < 1.29 is 4.79 Å². The van der Waals surface area contributed by atoms with E-state index in [1.807, 2.05) is 19.1 Å². The lowest BCUT2D eigenvalue weighted by molar-refractivity contribution is 0.1000. The summed E-state index contributed by atoms with van der Waals surface area (Å²) in [4.78, 5) is 11.4. The van der Waals surface area contributed by atoms with E-state index in [4.69, 9.17) is 5.73 Å². The summed E-state index contributed by atoms with van der Waals surface area (Å²) in [5.74, 6) is 0.540. The number of amides is 1. The summed E-state index contributed by atoms with van der Waals surface area (Å²) in [6, 6.07) is 6.27. The van der Waals surface area contributed by atoms with E-state index in [9.17, 15) is 4.79 Å². The third kappa shape index (κ3) is 3.53. The molecule has 3 heteroatoms. The minimum Gasteiger partial charge on any atom is -0.382 e. The lowest BCUT2D eigenvalue weighted by atomic mass is 9.97. The van der Waals surface area contributed by atoms with Gasteiger partial charge in [-0.15, -0.1) is 0 Å². The minimum absolute atomic E-state index is 0.349. The molecule has 1 aliphatic carbocycles. The molecule has 0 radical (unpaired) electrons. The molecule has 0 aromatic heterocycles. The SMILES string of the molecule is CCC1CCCC(Nc2cccc(C(N)=O)c2C)CC1. The van der Waals surface area contributed by atoms with Gasteiger partial charge in [-0.1, -0.05) is 32.3 Å². The molecule has 0 spiro atoms. The van der Waals surface area contributed by atoms with Gasteiger partial charge >= 0.3 is 0 Å². The Bertz CT molecular complexity index is 470. The zero-order chi connectivity index (χ0) is 14.5. The first-order valence-corrected chi connectivity index (χ1v) is 7.77. The summed E-state index contributed by atoms with van der Waals surface area (Å²) in [5, 5.41) is 3.62. The molecule has 0 aliphatic heterocycles. The standard InChI is InChI=1S/C17H26N2O/c1-3-13-6-4-7-14(11-10-13)19-16-9-5-8-15(12(16)2)17(18)20/h5,8-9,13-14,19H,3-4,6-7,10-11H2,1-2H3,(H2,18,20). The van der Waals surface area contributed by atoms with Crippen molar-refractivity contribution in [2.45, 2.75) is 58.4 Å². The van der Waals surface area contributed by atoms with E-state index in [-0.39, 0.29) is 5.91 Å². The number of rotatable bonds is 4. The topological polar surface area (TPSA) is 55.1 Å². The van der Waals surface area contributed by atoms with Gasteiger partial charge < -0.3 is 11.1 Å². The monoisotopic (exact) mass is 274 g/mol. The third-order valence-electron chi connectivity index (χ3n) is 4.62. The Labute approximate surface area is 121 Å². The van der Waals surface area contributed by atoms with Gasteiger partial charge in [0.05, 0.1) is 0 Å². The van der Waals surface area contributed by atoms with Gasteiger partial charge in [0, 0.05) is 17.3 Å². The summed E-state index contributed by atoms with van der Waals surface area (Å²) >= 11 is 0. The van der Waals surface area contributed by atoms with Crippen LogP contribution in [0.2, 0.25) is 0 Å². The minimum atomic E-state index is -0.349. The molecular weight excluding hydrogens is 248 g/mol. The van der Waals surface area contributed by atoms with Gasteiger partial charge in [0.2, 0.25) is 5.91 Å². The van der Waals surface area contributed by atoms with Crippen LogP contribution in [0.4, 0.5) is 5.69 Å². The van der Waals surface area contributed by atoms with Gasteiger partial charge in [-0.2, -0.15) is 0 Å². The predicted molar refractivity (Wildman–Crippen MR) is 84.0 cm³/mol. The van der Waals surface area contributed by atoms with Gasteiger partial charge in [0.15, 0.2) is 0 Å². The molecule has 110 valence electrons. The largest absolute Gasteiger partial charge is 0.382 e. The summed E-state index contributed by atoms with van der Waals surface area (Å²) in [6.45, 7) is 4.26. The number of anilines is 1. The van der Waals surface area contributed by atoms with Crippen LogP contribution in [0.5, 0.6) is 0 Å². The van der Waals surface area contributed by atoms with Crippen molar-refractivity contribution in [2.24, 2.45) is 11.7 Å². The van der Waals surface area contributed by atoms with Crippen LogP contribution in [0.1, 0.15) is 61.4 Å². The normalized spacial score (nSPS) is 23.1. The summed E-state index contributed by atoms with van der Waals surface area (Å²) in [6.07, 6.45) is 7.70. The first-order chi connectivity index (χ1) is 9.61. The van der Waals surface area contributed by atoms with Gasteiger partial charge in [0.1, 0.15) is 0 Å². The average molecular weight is 274 g/mol. The van der Waals surface area contributed by atoms with E-state index >= 15 is 0 Å². The van der Waals surface area contributed by atoms with Crippen molar-refractivity contribution in [1.29, 1.82) is 0 Å². The molecule has 1 aliphatic rings. The van der Waals surface area contributed by atoms with Gasteiger partial charge in [-0.3, -0.25) is 4.79 Å². The Hall–Kier alpha value is -1.51. The Kier molecular flexibility index (Phi) is 5.05. The second kappa shape index (κ2) is 6.78. The highest BCUT2D eigenvalue weighted by atomic mass is 16.1. The lowest BCUT2D eigenvalue weighted by Crippen LogP contribution is -2.20. The van der Waals surface area contributed by atoms with E-state index in [1.54, 1.807) is 6.07 Å². The zero-order valence-electron chi connectivity index (χ0n) is 12.6. The number of hydrogen-bond donors (Lipinski definition) is 2. The van der Waals surface area contributed by atoms with Crippen LogP contribution in [-0.2, 0) is 0 Å². The number of hydrogen-bond acceptors (Lipinski definition) is 2. The Morgan fingerprint density at radius 1 is 1.30 bits per heavy atom. The molecule has 1 amide bonds. The molecule has 3 N–H and O–H groups in total. The number of carbonyl (C=O) groups is 1. The molecule has 0 saturated heterocycles. The van der Waals surface area contributed by atoms with E-state index in [2.05, 4.69) is 12.2 Å². The van der Waals surface area contributed by atoms with E-state index in [0.717, 1.165) is 17.2 Å². The van der Waals surface area contributed by atoms with Crippen LogP contribution in [0.15, 0.2) is 18.2 Å². The molecule has 0 heterocycles. The Morgan fingerprint density at radius 3 is 2.80 bits per heavy atom. The number of nitrogens with two attached hydrogens (primary N) is 1. The molecule has 2 atom stereocenters. The predicted octanol–water partition coefficient (Wildman–Crippen LogP) is 3.86. The molecule has 1 fully saturated rings. The van der Waals surface area contributed by atoms with Crippen LogP contribution >= 0.6 is 0 Å². The number of nitrogens with one attached hydrogen (secondary N) is 1. The Balaban J connectivity index is 2.06. The fraction of sp³-hybridized carbons (Fsp3) is 0.588. The van der Waals surface area contributed by atoms with Gasteiger partial charge in [-0.05, 0) is 49.8 Å². The summed E-state index contributed by atoms with van der Waals surface area (Å²) in [7, 11) is 0. The second-order valence-corrected chi connectivity index (χ2v) is 5.97. The van der Waals surface area contributed by atoms with Gasteiger partial charge in [0.25, 0.3) is 0 Å². The average Bonchev–Trinajstić information content (AvgIpc) is 2.66. The van der Waals surface area contributed by atoms with E-state index < -0.39 is 0 Å². The highest BCUT2D eigenvalue weighted by Crippen LogP contribution is 2.28. The van der Waals surface area contributed by atoms with Crippen molar-refractivity contribution in [3.63, 3.8) is 0 Å². The fourth-order valence-electron chi connectivity index (χ4n) is 3.21.